The Balaban J connectivity index is 1.63. The summed E-state index contributed by atoms with van der Waals surface area (Å²) in [6.07, 6.45) is 2.92. The topological polar surface area (TPSA) is 48.1 Å². The molecule has 178 valence electrons. The van der Waals surface area contributed by atoms with E-state index in [-0.39, 0.29) is 12.0 Å². The Morgan fingerprint density at radius 2 is 1.50 bits per heavy atom. The zero-order valence-corrected chi connectivity index (χ0v) is 20.5. The second-order valence-electron chi connectivity index (χ2n) is 9.56. The third kappa shape index (κ3) is 3.00. The summed E-state index contributed by atoms with van der Waals surface area (Å²) in [7, 11) is 0. The van der Waals surface area contributed by atoms with Gasteiger partial charge >= 0.3 is 0 Å². The van der Waals surface area contributed by atoms with Crippen LogP contribution in [-0.2, 0) is 9.47 Å². The molecular weight excluding hydrogens is 446 g/mol. The molecule has 0 fully saturated rings. The monoisotopic (exact) mass is 474 g/mol. The lowest BCUT2D eigenvalue weighted by Gasteiger charge is -2.48. The summed E-state index contributed by atoms with van der Waals surface area (Å²) in [5.41, 5.74) is 9.79. The minimum Gasteiger partial charge on any atom is -0.349 e. The van der Waals surface area contributed by atoms with Gasteiger partial charge in [-0.2, -0.15) is 4.57 Å². The fourth-order valence-corrected chi connectivity index (χ4v) is 6.44. The van der Waals surface area contributed by atoms with Gasteiger partial charge in [-0.05, 0) is 48.7 Å². The number of nitrogens with zero attached hydrogens (tertiary/aromatic N) is 3. The van der Waals surface area contributed by atoms with Crippen molar-refractivity contribution in [1.29, 1.82) is 0 Å². The highest BCUT2D eigenvalue weighted by Crippen LogP contribution is 2.56. The maximum absolute atomic E-state index is 6.56. The van der Waals surface area contributed by atoms with Gasteiger partial charge in [-0.3, -0.25) is 0 Å². The second kappa shape index (κ2) is 8.19. The molecule has 36 heavy (non-hydrogen) atoms. The van der Waals surface area contributed by atoms with Crippen molar-refractivity contribution in [1.82, 2.24) is 9.97 Å². The predicted molar refractivity (Wildman–Crippen MR) is 140 cm³/mol. The van der Waals surface area contributed by atoms with Crippen molar-refractivity contribution < 1.29 is 14.0 Å². The van der Waals surface area contributed by atoms with Crippen molar-refractivity contribution in [2.45, 2.75) is 38.0 Å². The molecule has 5 aromatic rings. The van der Waals surface area contributed by atoms with E-state index in [4.69, 9.17) is 19.4 Å². The maximum Gasteiger partial charge on any atom is 0.194 e. The molecule has 3 aromatic carbocycles. The van der Waals surface area contributed by atoms with Gasteiger partial charge in [-0.1, -0.05) is 48.5 Å². The van der Waals surface area contributed by atoms with E-state index in [1.165, 1.54) is 27.9 Å². The molecule has 4 heterocycles. The molecule has 5 nitrogen and oxygen atoms in total. The summed E-state index contributed by atoms with van der Waals surface area (Å²) in [4.78, 5) is 10.3. The fraction of sp³-hybridized carbons (Fsp3) is 0.258. The molecule has 0 amide bonds. The van der Waals surface area contributed by atoms with E-state index in [9.17, 15) is 0 Å². The first-order valence-corrected chi connectivity index (χ1v) is 12.8. The molecule has 0 spiro atoms. The van der Waals surface area contributed by atoms with E-state index in [0.29, 0.717) is 13.2 Å². The largest absolute Gasteiger partial charge is 0.349 e. The Hall–Kier alpha value is -3.67. The van der Waals surface area contributed by atoms with E-state index in [2.05, 4.69) is 79.2 Å². The SMILES string of the molecule is CCOC1(OCC)C[C@@H]2c3c(c(-c4ccccc4)cc4nc5ccccc5nc34)[C@@H]1c1cccc[n+]12. The Morgan fingerprint density at radius 3 is 2.25 bits per heavy atom. The Morgan fingerprint density at radius 1 is 0.806 bits per heavy atom. The van der Waals surface area contributed by atoms with Gasteiger partial charge in [0, 0.05) is 25.3 Å². The molecule has 2 aromatic heterocycles. The van der Waals surface area contributed by atoms with Crippen LogP contribution in [0.25, 0.3) is 33.2 Å². The molecule has 0 radical (unpaired) electrons. The lowest BCUT2D eigenvalue weighted by molar-refractivity contribution is -0.738. The molecule has 0 unspecified atom stereocenters. The van der Waals surface area contributed by atoms with Crippen LogP contribution < -0.4 is 4.57 Å². The lowest BCUT2D eigenvalue weighted by atomic mass is 9.67. The number of fused-ring (bicyclic) bond motifs is 3. The van der Waals surface area contributed by atoms with Gasteiger partial charge in [-0.25, -0.2) is 9.97 Å². The first-order chi connectivity index (χ1) is 17.7. The summed E-state index contributed by atoms with van der Waals surface area (Å²) in [6.45, 7) is 5.28. The third-order valence-electron chi connectivity index (χ3n) is 7.67. The average molecular weight is 475 g/mol. The minimum atomic E-state index is -0.732. The number of aromatic nitrogens is 3. The summed E-state index contributed by atoms with van der Waals surface area (Å²) in [6, 6.07) is 27.4. The van der Waals surface area contributed by atoms with Crippen molar-refractivity contribution in [2.75, 3.05) is 13.2 Å². The van der Waals surface area contributed by atoms with Gasteiger partial charge in [0.2, 0.25) is 0 Å². The van der Waals surface area contributed by atoms with Crippen LogP contribution in [0.15, 0.2) is 85.1 Å². The van der Waals surface area contributed by atoms with Crippen LogP contribution >= 0.6 is 0 Å². The summed E-state index contributed by atoms with van der Waals surface area (Å²) >= 11 is 0. The van der Waals surface area contributed by atoms with Gasteiger partial charge in [-0.15, -0.1) is 0 Å². The highest BCUT2D eigenvalue weighted by molar-refractivity contribution is 5.94. The van der Waals surface area contributed by atoms with Crippen molar-refractivity contribution in [2.24, 2.45) is 0 Å². The van der Waals surface area contributed by atoms with Crippen molar-refractivity contribution in [3.8, 4) is 11.1 Å². The zero-order valence-electron chi connectivity index (χ0n) is 20.5. The standard InChI is InChI=1S/C31H28N3O2/c1-3-35-31(36-4-2)19-26-28-27(29(31)25-16-10-11-17-34(25)26)21(20-12-6-5-7-13-20)18-24-30(28)33-23-15-9-8-14-22(23)32-24/h5-18,26,29H,3-4,19H2,1-2H3/q+1/t26-,29+/m1/s1. The highest BCUT2D eigenvalue weighted by Gasteiger charge is 2.61. The molecule has 1 aliphatic carbocycles. The van der Waals surface area contributed by atoms with Crippen LogP contribution in [0.4, 0.5) is 0 Å². The molecule has 2 atom stereocenters. The molecule has 0 N–H and O–H groups in total. The molecule has 5 heteroatoms. The number of ether oxygens (including phenoxy) is 2. The van der Waals surface area contributed by atoms with Crippen LogP contribution in [0.1, 0.15) is 49.0 Å². The van der Waals surface area contributed by atoms with E-state index >= 15 is 0 Å². The fourth-order valence-electron chi connectivity index (χ4n) is 6.44. The number of benzene rings is 3. The van der Waals surface area contributed by atoms with E-state index in [1.54, 1.807) is 0 Å². The van der Waals surface area contributed by atoms with E-state index < -0.39 is 5.79 Å². The number of hydrogen-bond acceptors (Lipinski definition) is 4. The quantitative estimate of drug-likeness (QED) is 0.180. The van der Waals surface area contributed by atoms with Crippen LogP contribution in [0.2, 0.25) is 0 Å². The van der Waals surface area contributed by atoms with Gasteiger partial charge in [0.15, 0.2) is 23.7 Å². The Kier molecular flexibility index (Phi) is 4.91. The minimum absolute atomic E-state index is 0.0286. The highest BCUT2D eigenvalue weighted by atomic mass is 16.7. The number of para-hydroxylation sites is 2. The van der Waals surface area contributed by atoms with Crippen molar-refractivity contribution in [3.05, 3.63) is 102 Å². The molecule has 2 aliphatic heterocycles. The van der Waals surface area contributed by atoms with Gasteiger partial charge in [0.1, 0.15) is 5.92 Å². The van der Waals surface area contributed by atoms with E-state index in [0.717, 1.165) is 28.5 Å². The van der Waals surface area contributed by atoms with Gasteiger partial charge in [0.25, 0.3) is 0 Å². The number of rotatable bonds is 5. The van der Waals surface area contributed by atoms with E-state index in [1.807, 2.05) is 24.3 Å². The lowest BCUT2D eigenvalue weighted by Crippen LogP contribution is -2.63. The average Bonchev–Trinajstić information content (AvgIpc) is 2.92. The Labute approximate surface area is 210 Å². The predicted octanol–water partition coefficient (Wildman–Crippen LogP) is 5.95. The van der Waals surface area contributed by atoms with Gasteiger partial charge < -0.3 is 9.47 Å². The molecule has 0 saturated carbocycles. The smallest absolute Gasteiger partial charge is 0.194 e. The summed E-state index contributed by atoms with van der Waals surface area (Å²) < 4.78 is 15.5. The first kappa shape index (κ1) is 21.6. The normalized spacial score (nSPS) is 19.4. The summed E-state index contributed by atoms with van der Waals surface area (Å²) in [5.74, 6) is -0.823. The maximum atomic E-state index is 6.56. The molecule has 2 bridgehead atoms. The number of pyridine rings is 1. The van der Waals surface area contributed by atoms with Crippen molar-refractivity contribution >= 4 is 22.1 Å². The third-order valence-corrected chi connectivity index (χ3v) is 7.67. The molecule has 8 rings (SSSR count). The van der Waals surface area contributed by atoms with Crippen LogP contribution in [0.3, 0.4) is 0 Å². The zero-order chi connectivity index (χ0) is 24.3. The second-order valence-corrected chi connectivity index (χ2v) is 9.56. The van der Waals surface area contributed by atoms with Crippen LogP contribution in [0.5, 0.6) is 0 Å². The first-order valence-electron chi connectivity index (χ1n) is 12.8. The summed E-state index contributed by atoms with van der Waals surface area (Å²) in [5, 5.41) is 0. The molecule has 3 aliphatic rings. The molecular formula is C31H28N3O2+. The number of hydrogen-bond donors (Lipinski definition) is 0. The van der Waals surface area contributed by atoms with Gasteiger partial charge in [0.05, 0.1) is 34.1 Å². The Bertz CT molecular complexity index is 1610. The molecule has 0 saturated heterocycles. The van der Waals surface area contributed by atoms with Crippen LogP contribution in [0, 0.1) is 0 Å². The van der Waals surface area contributed by atoms with Crippen molar-refractivity contribution in [3.63, 3.8) is 0 Å². The van der Waals surface area contributed by atoms with Crippen LogP contribution in [-0.4, -0.2) is 29.0 Å².